The van der Waals surface area contributed by atoms with Crippen molar-refractivity contribution in [3.63, 3.8) is 0 Å². The Morgan fingerprint density at radius 3 is 2.58 bits per heavy atom. The molecule has 0 aliphatic carbocycles. The first-order chi connectivity index (χ1) is 11.3. The number of amides is 1. The van der Waals surface area contributed by atoms with Crippen molar-refractivity contribution >= 4 is 27.5 Å². The van der Waals surface area contributed by atoms with Gasteiger partial charge in [-0.05, 0) is 60.6 Å². The fourth-order valence-corrected chi connectivity index (χ4v) is 2.81. The molecule has 1 amide bonds. The van der Waals surface area contributed by atoms with Crippen LogP contribution in [0.1, 0.15) is 18.1 Å². The quantitative estimate of drug-likeness (QED) is 0.806. The molecule has 0 heterocycles. The van der Waals surface area contributed by atoms with Gasteiger partial charge in [-0.25, -0.2) is 8.78 Å². The van der Waals surface area contributed by atoms with E-state index in [1.165, 1.54) is 12.1 Å². The van der Waals surface area contributed by atoms with E-state index in [-0.39, 0.29) is 12.5 Å². The van der Waals surface area contributed by atoms with Gasteiger partial charge in [-0.1, -0.05) is 12.1 Å². The number of carbonyl (C=O) groups excluding carboxylic acids is 1. The number of likely N-dealkylation sites (N-methyl/N-ethyl adjacent to an activating group) is 1. The van der Waals surface area contributed by atoms with E-state index in [0.29, 0.717) is 11.3 Å². The predicted molar refractivity (Wildman–Crippen MR) is 94.8 cm³/mol. The fourth-order valence-electron chi connectivity index (χ4n) is 2.21. The summed E-state index contributed by atoms with van der Waals surface area (Å²) in [6.07, 6.45) is 0. The van der Waals surface area contributed by atoms with Crippen LogP contribution in [0.4, 0.5) is 14.5 Å². The molecule has 0 aromatic heterocycles. The smallest absolute Gasteiger partial charge is 0.241 e. The summed E-state index contributed by atoms with van der Waals surface area (Å²) in [5.74, 6) is -1.44. The lowest BCUT2D eigenvalue weighted by atomic mass is 10.1. The van der Waals surface area contributed by atoms with Crippen LogP contribution in [-0.2, 0) is 11.3 Å². The number of nitrogens with zero attached hydrogens (tertiary/aromatic N) is 1. The van der Waals surface area contributed by atoms with Gasteiger partial charge in [-0.3, -0.25) is 9.69 Å². The molecule has 2 rings (SSSR count). The molecule has 0 saturated heterocycles. The lowest BCUT2D eigenvalue weighted by molar-refractivity contribution is -0.120. The van der Waals surface area contributed by atoms with Crippen molar-refractivity contribution in [1.82, 2.24) is 4.90 Å². The molecule has 2 aromatic carbocycles. The Hall–Kier alpha value is -1.79. The first-order valence-corrected chi connectivity index (χ1v) is 8.28. The summed E-state index contributed by atoms with van der Waals surface area (Å²) in [7, 11) is 1.72. The van der Waals surface area contributed by atoms with E-state index in [0.717, 1.165) is 16.1 Å². The summed E-state index contributed by atoms with van der Waals surface area (Å²) in [5.41, 5.74) is 2.10. The van der Waals surface area contributed by atoms with Crippen LogP contribution in [0.3, 0.4) is 0 Å². The summed E-state index contributed by atoms with van der Waals surface area (Å²) >= 11 is 3.42. The van der Waals surface area contributed by atoms with Crippen LogP contribution < -0.4 is 5.32 Å². The Morgan fingerprint density at radius 2 is 1.96 bits per heavy atom. The molecule has 1 unspecified atom stereocenters. The van der Waals surface area contributed by atoms with Gasteiger partial charge >= 0.3 is 0 Å². The highest BCUT2D eigenvalue weighted by Crippen LogP contribution is 2.24. The Bertz CT molecular complexity index is 752. The Balaban J connectivity index is 2.03. The molecular formula is C18H19BrF2N2O. The van der Waals surface area contributed by atoms with Crippen LogP contribution in [0.15, 0.2) is 40.9 Å². The van der Waals surface area contributed by atoms with Crippen molar-refractivity contribution in [1.29, 1.82) is 0 Å². The van der Waals surface area contributed by atoms with E-state index >= 15 is 0 Å². The summed E-state index contributed by atoms with van der Waals surface area (Å²) in [5, 5.41) is 2.85. The third-order valence-corrected chi connectivity index (χ3v) is 4.51. The molecular weight excluding hydrogens is 378 g/mol. The third kappa shape index (κ3) is 4.61. The number of halogens is 3. The first kappa shape index (κ1) is 18.5. The van der Waals surface area contributed by atoms with Gasteiger partial charge in [0, 0.05) is 22.6 Å². The molecule has 0 radical (unpaired) electrons. The van der Waals surface area contributed by atoms with Gasteiger partial charge in [0.25, 0.3) is 0 Å². The second-order valence-electron chi connectivity index (χ2n) is 5.80. The van der Waals surface area contributed by atoms with E-state index in [4.69, 9.17) is 0 Å². The maximum atomic E-state index is 13.7. The SMILES string of the molecule is Cc1ccc(NC(=O)C(C)N(C)Cc2ccc(F)cc2F)c(Br)c1. The molecule has 0 spiro atoms. The van der Waals surface area contributed by atoms with E-state index in [1.807, 2.05) is 25.1 Å². The second kappa shape index (κ2) is 7.85. The fraction of sp³-hybridized carbons (Fsp3) is 0.278. The van der Waals surface area contributed by atoms with Crippen LogP contribution in [0.25, 0.3) is 0 Å². The van der Waals surface area contributed by atoms with E-state index in [1.54, 1.807) is 18.9 Å². The Morgan fingerprint density at radius 1 is 1.25 bits per heavy atom. The average Bonchev–Trinajstić information content (AvgIpc) is 2.51. The highest BCUT2D eigenvalue weighted by molar-refractivity contribution is 9.10. The zero-order valence-electron chi connectivity index (χ0n) is 13.7. The largest absolute Gasteiger partial charge is 0.324 e. The number of aryl methyl sites for hydroxylation is 1. The Labute approximate surface area is 148 Å². The van der Waals surface area contributed by atoms with Gasteiger partial charge < -0.3 is 5.32 Å². The molecule has 128 valence electrons. The zero-order valence-corrected chi connectivity index (χ0v) is 15.3. The number of anilines is 1. The van der Waals surface area contributed by atoms with Crippen LogP contribution in [0, 0.1) is 18.6 Å². The minimum atomic E-state index is -0.617. The molecule has 0 saturated carbocycles. The maximum absolute atomic E-state index is 13.7. The summed E-state index contributed by atoms with van der Waals surface area (Å²) in [4.78, 5) is 14.1. The van der Waals surface area contributed by atoms with Crippen LogP contribution >= 0.6 is 15.9 Å². The molecule has 3 nitrogen and oxygen atoms in total. The molecule has 1 atom stereocenters. The summed E-state index contributed by atoms with van der Waals surface area (Å²) in [6.45, 7) is 3.90. The molecule has 0 aliphatic heterocycles. The number of hydrogen-bond donors (Lipinski definition) is 1. The van der Waals surface area contributed by atoms with Crippen LogP contribution in [0.2, 0.25) is 0 Å². The van der Waals surface area contributed by atoms with Crippen molar-refractivity contribution < 1.29 is 13.6 Å². The van der Waals surface area contributed by atoms with Gasteiger partial charge in [0.15, 0.2) is 0 Å². The highest BCUT2D eigenvalue weighted by Gasteiger charge is 2.20. The van der Waals surface area contributed by atoms with Crippen molar-refractivity contribution in [3.8, 4) is 0 Å². The average molecular weight is 397 g/mol. The van der Waals surface area contributed by atoms with Gasteiger partial charge in [0.2, 0.25) is 5.91 Å². The minimum Gasteiger partial charge on any atom is -0.324 e. The molecule has 1 N–H and O–H groups in total. The predicted octanol–water partition coefficient (Wildman–Crippen LogP) is 4.49. The van der Waals surface area contributed by atoms with Gasteiger partial charge in [0.05, 0.1) is 11.7 Å². The summed E-state index contributed by atoms with van der Waals surface area (Å²) in [6, 6.07) is 8.60. The normalized spacial score (nSPS) is 12.3. The van der Waals surface area contributed by atoms with E-state index in [2.05, 4.69) is 21.2 Å². The maximum Gasteiger partial charge on any atom is 0.241 e. The second-order valence-corrected chi connectivity index (χ2v) is 6.65. The number of benzene rings is 2. The number of hydrogen-bond acceptors (Lipinski definition) is 2. The number of carbonyl (C=O) groups is 1. The lowest BCUT2D eigenvalue weighted by Gasteiger charge is -2.24. The molecule has 2 aromatic rings. The monoisotopic (exact) mass is 396 g/mol. The Kier molecular flexibility index (Phi) is 6.07. The zero-order chi connectivity index (χ0) is 17.9. The topological polar surface area (TPSA) is 32.3 Å². The standard InChI is InChI=1S/C18H19BrF2N2O/c1-11-4-7-17(15(19)8-11)22-18(24)12(2)23(3)10-13-5-6-14(20)9-16(13)21/h4-9,12H,10H2,1-3H3,(H,22,24). The first-order valence-electron chi connectivity index (χ1n) is 7.49. The molecule has 6 heteroatoms. The highest BCUT2D eigenvalue weighted by atomic mass is 79.9. The molecule has 0 aliphatic rings. The minimum absolute atomic E-state index is 0.204. The summed E-state index contributed by atoms with van der Waals surface area (Å²) < 4.78 is 27.5. The van der Waals surface area contributed by atoms with Gasteiger partial charge in [-0.15, -0.1) is 0 Å². The molecule has 0 fully saturated rings. The molecule has 0 bridgehead atoms. The molecule has 24 heavy (non-hydrogen) atoms. The van der Waals surface area contributed by atoms with Crippen LogP contribution in [-0.4, -0.2) is 23.9 Å². The van der Waals surface area contributed by atoms with Crippen molar-refractivity contribution in [3.05, 3.63) is 63.6 Å². The van der Waals surface area contributed by atoms with Crippen LogP contribution in [0.5, 0.6) is 0 Å². The van der Waals surface area contributed by atoms with Gasteiger partial charge in [0.1, 0.15) is 11.6 Å². The van der Waals surface area contributed by atoms with Crippen molar-refractivity contribution in [2.24, 2.45) is 0 Å². The number of rotatable bonds is 5. The van der Waals surface area contributed by atoms with E-state index < -0.39 is 17.7 Å². The van der Waals surface area contributed by atoms with Crippen molar-refractivity contribution in [2.45, 2.75) is 26.4 Å². The lowest BCUT2D eigenvalue weighted by Crippen LogP contribution is -2.39. The van der Waals surface area contributed by atoms with Crippen molar-refractivity contribution in [2.75, 3.05) is 12.4 Å². The van der Waals surface area contributed by atoms with Gasteiger partial charge in [-0.2, -0.15) is 0 Å². The van der Waals surface area contributed by atoms with E-state index in [9.17, 15) is 13.6 Å². The third-order valence-electron chi connectivity index (χ3n) is 3.86. The number of nitrogens with one attached hydrogen (secondary N) is 1.